The summed E-state index contributed by atoms with van der Waals surface area (Å²) in [4.78, 5) is 0. The molecular formula is C13H18N2O3. The fourth-order valence-electron chi connectivity index (χ4n) is 2.03. The van der Waals surface area contributed by atoms with Crippen LogP contribution in [0.5, 0.6) is 5.75 Å². The van der Waals surface area contributed by atoms with Gasteiger partial charge < -0.3 is 20.4 Å². The predicted molar refractivity (Wildman–Crippen MR) is 68.2 cm³/mol. The number of nitrogens with zero attached hydrogens (tertiary/aromatic N) is 1. The van der Waals surface area contributed by atoms with Crippen molar-refractivity contribution in [3.05, 3.63) is 29.3 Å². The van der Waals surface area contributed by atoms with Crippen molar-refractivity contribution in [3.8, 4) is 5.75 Å². The van der Waals surface area contributed by atoms with Crippen molar-refractivity contribution in [2.24, 2.45) is 10.9 Å². The van der Waals surface area contributed by atoms with Gasteiger partial charge in [0.2, 0.25) is 0 Å². The Kier molecular flexibility index (Phi) is 4.04. The van der Waals surface area contributed by atoms with Crippen LogP contribution >= 0.6 is 0 Å². The molecule has 0 amide bonds. The summed E-state index contributed by atoms with van der Waals surface area (Å²) in [5.41, 5.74) is 7.18. The zero-order valence-corrected chi connectivity index (χ0v) is 10.4. The summed E-state index contributed by atoms with van der Waals surface area (Å²) in [5, 5.41) is 11.6. The second-order valence-electron chi connectivity index (χ2n) is 4.41. The number of benzene rings is 1. The molecule has 0 bridgehead atoms. The molecule has 18 heavy (non-hydrogen) atoms. The van der Waals surface area contributed by atoms with E-state index in [-0.39, 0.29) is 11.9 Å². The summed E-state index contributed by atoms with van der Waals surface area (Å²) in [6.45, 7) is 3.30. The van der Waals surface area contributed by atoms with Crippen LogP contribution in [0.4, 0.5) is 0 Å². The summed E-state index contributed by atoms with van der Waals surface area (Å²) < 4.78 is 11.2. The van der Waals surface area contributed by atoms with Crippen LogP contribution < -0.4 is 10.5 Å². The van der Waals surface area contributed by atoms with E-state index < -0.39 is 0 Å². The molecule has 1 fully saturated rings. The van der Waals surface area contributed by atoms with Crippen LogP contribution in [0.2, 0.25) is 0 Å². The van der Waals surface area contributed by atoms with E-state index in [0.29, 0.717) is 12.2 Å². The van der Waals surface area contributed by atoms with Gasteiger partial charge in [0, 0.05) is 12.2 Å². The first-order chi connectivity index (χ1) is 8.70. The van der Waals surface area contributed by atoms with Gasteiger partial charge in [0.05, 0.1) is 6.10 Å². The van der Waals surface area contributed by atoms with E-state index >= 15 is 0 Å². The lowest BCUT2D eigenvalue weighted by Gasteiger charge is -2.13. The first-order valence-corrected chi connectivity index (χ1v) is 6.03. The third kappa shape index (κ3) is 2.92. The molecule has 98 valence electrons. The lowest BCUT2D eigenvalue weighted by molar-refractivity contribution is 0.0679. The molecular weight excluding hydrogens is 232 g/mol. The Morgan fingerprint density at radius 2 is 2.44 bits per heavy atom. The fourth-order valence-corrected chi connectivity index (χ4v) is 2.03. The number of hydrogen-bond acceptors (Lipinski definition) is 4. The zero-order valence-electron chi connectivity index (χ0n) is 10.4. The third-order valence-corrected chi connectivity index (χ3v) is 3.04. The summed E-state index contributed by atoms with van der Waals surface area (Å²) in [5.74, 6) is 0.885. The van der Waals surface area contributed by atoms with Crippen molar-refractivity contribution in [1.82, 2.24) is 0 Å². The van der Waals surface area contributed by atoms with E-state index in [1.165, 1.54) is 0 Å². The van der Waals surface area contributed by atoms with Gasteiger partial charge in [-0.2, -0.15) is 0 Å². The molecule has 1 aromatic rings. The first-order valence-electron chi connectivity index (χ1n) is 6.03. The minimum atomic E-state index is 0.109. The molecule has 2 rings (SSSR count). The molecule has 1 aliphatic heterocycles. The molecule has 0 aliphatic carbocycles. The Balaban J connectivity index is 1.99. The van der Waals surface area contributed by atoms with Gasteiger partial charge in [-0.1, -0.05) is 5.16 Å². The molecule has 1 heterocycles. The summed E-state index contributed by atoms with van der Waals surface area (Å²) in [6.07, 6.45) is 2.37. The lowest BCUT2D eigenvalue weighted by atomic mass is 10.1. The molecule has 1 unspecified atom stereocenters. The number of rotatable bonds is 4. The molecule has 1 aromatic carbocycles. The van der Waals surface area contributed by atoms with Gasteiger partial charge >= 0.3 is 0 Å². The molecule has 0 spiro atoms. The number of aryl methyl sites for hydroxylation is 1. The number of ether oxygens (including phenoxy) is 2. The topological polar surface area (TPSA) is 77.1 Å². The van der Waals surface area contributed by atoms with E-state index in [0.717, 1.165) is 30.8 Å². The number of amidine groups is 1. The van der Waals surface area contributed by atoms with Crippen molar-refractivity contribution in [1.29, 1.82) is 0 Å². The highest BCUT2D eigenvalue weighted by atomic mass is 16.5. The average Bonchev–Trinajstić information content (AvgIpc) is 2.88. The second-order valence-corrected chi connectivity index (χ2v) is 4.41. The van der Waals surface area contributed by atoms with Crippen LogP contribution in [0, 0.1) is 6.92 Å². The van der Waals surface area contributed by atoms with Crippen LogP contribution in [0.3, 0.4) is 0 Å². The Morgan fingerprint density at radius 3 is 3.06 bits per heavy atom. The largest absolute Gasteiger partial charge is 0.491 e. The van der Waals surface area contributed by atoms with E-state index in [2.05, 4.69) is 5.16 Å². The van der Waals surface area contributed by atoms with Crippen molar-refractivity contribution in [3.63, 3.8) is 0 Å². The third-order valence-electron chi connectivity index (χ3n) is 3.04. The SMILES string of the molecule is Cc1cc(OCC2CCCO2)ccc1/C(N)=N/O. The van der Waals surface area contributed by atoms with Crippen molar-refractivity contribution < 1.29 is 14.7 Å². The summed E-state index contributed by atoms with van der Waals surface area (Å²) >= 11 is 0. The van der Waals surface area contributed by atoms with Gasteiger partial charge in [-0.15, -0.1) is 0 Å². The van der Waals surface area contributed by atoms with Crippen molar-refractivity contribution in [2.75, 3.05) is 13.2 Å². The lowest BCUT2D eigenvalue weighted by Crippen LogP contribution is -2.17. The highest BCUT2D eigenvalue weighted by molar-refractivity contribution is 5.98. The number of hydrogen-bond donors (Lipinski definition) is 2. The van der Waals surface area contributed by atoms with E-state index in [9.17, 15) is 0 Å². The molecule has 0 aromatic heterocycles. The Hall–Kier alpha value is -1.75. The second kappa shape index (κ2) is 5.73. The molecule has 1 saturated heterocycles. The van der Waals surface area contributed by atoms with Gasteiger partial charge in [-0.3, -0.25) is 0 Å². The maximum atomic E-state index is 8.64. The Labute approximate surface area is 106 Å². The number of nitrogens with two attached hydrogens (primary N) is 1. The van der Waals surface area contributed by atoms with Crippen LogP contribution in [0.25, 0.3) is 0 Å². The molecule has 0 radical (unpaired) electrons. The van der Waals surface area contributed by atoms with Gasteiger partial charge in [0.15, 0.2) is 5.84 Å². The molecule has 5 heteroatoms. The van der Waals surface area contributed by atoms with Gasteiger partial charge in [0.1, 0.15) is 12.4 Å². The van der Waals surface area contributed by atoms with E-state index in [1.54, 1.807) is 6.07 Å². The minimum absolute atomic E-state index is 0.109. The average molecular weight is 250 g/mol. The van der Waals surface area contributed by atoms with Crippen LogP contribution in [0.1, 0.15) is 24.0 Å². The van der Waals surface area contributed by atoms with Gasteiger partial charge in [-0.25, -0.2) is 0 Å². The van der Waals surface area contributed by atoms with Crippen LogP contribution in [0.15, 0.2) is 23.4 Å². The first kappa shape index (κ1) is 12.7. The highest BCUT2D eigenvalue weighted by Crippen LogP contribution is 2.19. The molecule has 0 saturated carbocycles. The fraction of sp³-hybridized carbons (Fsp3) is 0.462. The minimum Gasteiger partial charge on any atom is -0.491 e. The van der Waals surface area contributed by atoms with E-state index in [4.69, 9.17) is 20.4 Å². The maximum absolute atomic E-state index is 8.64. The van der Waals surface area contributed by atoms with Crippen molar-refractivity contribution in [2.45, 2.75) is 25.9 Å². The highest BCUT2D eigenvalue weighted by Gasteiger charge is 2.16. The molecule has 1 atom stereocenters. The zero-order chi connectivity index (χ0) is 13.0. The molecule has 3 N–H and O–H groups in total. The van der Waals surface area contributed by atoms with Crippen LogP contribution in [-0.2, 0) is 4.74 Å². The summed E-state index contributed by atoms with van der Waals surface area (Å²) in [6, 6.07) is 5.48. The quantitative estimate of drug-likeness (QED) is 0.368. The van der Waals surface area contributed by atoms with Crippen LogP contribution in [-0.4, -0.2) is 30.4 Å². The standard InChI is InChI=1S/C13H18N2O3/c1-9-7-10(4-5-12(9)13(14)15-16)18-8-11-3-2-6-17-11/h4-5,7,11,16H,2-3,6,8H2,1H3,(H2,14,15). The molecule has 5 nitrogen and oxygen atoms in total. The predicted octanol–water partition coefficient (Wildman–Crippen LogP) is 1.65. The van der Waals surface area contributed by atoms with Crippen molar-refractivity contribution >= 4 is 5.84 Å². The normalized spacial score (nSPS) is 20.1. The smallest absolute Gasteiger partial charge is 0.170 e. The van der Waals surface area contributed by atoms with Gasteiger partial charge in [-0.05, 0) is 43.5 Å². The Bertz CT molecular complexity index is 440. The van der Waals surface area contributed by atoms with Gasteiger partial charge in [0.25, 0.3) is 0 Å². The Morgan fingerprint density at radius 1 is 1.61 bits per heavy atom. The monoisotopic (exact) mass is 250 g/mol. The van der Waals surface area contributed by atoms with E-state index in [1.807, 2.05) is 19.1 Å². The molecule has 1 aliphatic rings. The number of oxime groups is 1. The summed E-state index contributed by atoms with van der Waals surface area (Å²) in [7, 11) is 0. The maximum Gasteiger partial charge on any atom is 0.170 e.